The Labute approximate surface area is 192 Å². The van der Waals surface area contributed by atoms with Crippen molar-refractivity contribution in [3.05, 3.63) is 57.6 Å². The fourth-order valence-corrected chi connectivity index (χ4v) is 3.77. The molecule has 178 valence electrons. The highest BCUT2D eigenvalue weighted by Crippen LogP contribution is 2.35. The van der Waals surface area contributed by atoms with E-state index in [4.69, 9.17) is 18.9 Å². The molecule has 2 aromatic carbocycles. The fourth-order valence-electron chi connectivity index (χ4n) is 3.77. The van der Waals surface area contributed by atoms with Gasteiger partial charge in [0, 0.05) is 25.7 Å². The van der Waals surface area contributed by atoms with Crippen molar-refractivity contribution in [2.75, 3.05) is 53.7 Å². The summed E-state index contributed by atoms with van der Waals surface area (Å²) in [5.74, 6) is 0.651. The maximum Gasteiger partial charge on any atom is 0.286 e. The molecule has 0 aromatic heterocycles. The predicted molar refractivity (Wildman–Crippen MR) is 121 cm³/mol. The molecule has 1 fully saturated rings. The molecule has 2 aromatic rings. The van der Waals surface area contributed by atoms with Crippen LogP contribution in [0.1, 0.15) is 28.9 Å². The van der Waals surface area contributed by atoms with E-state index >= 15 is 0 Å². The summed E-state index contributed by atoms with van der Waals surface area (Å²) in [7, 11) is 3.00. The highest BCUT2D eigenvalue weighted by atomic mass is 16.6. The highest BCUT2D eigenvalue weighted by molar-refractivity contribution is 5.99. The first-order chi connectivity index (χ1) is 16.0. The van der Waals surface area contributed by atoms with Crippen LogP contribution in [0.3, 0.4) is 0 Å². The fraction of sp³-hybridized carbons (Fsp3) is 0.435. The van der Waals surface area contributed by atoms with E-state index in [9.17, 15) is 14.9 Å². The average Bonchev–Trinajstić information content (AvgIpc) is 2.84. The van der Waals surface area contributed by atoms with Gasteiger partial charge >= 0.3 is 0 Å². The summed E-state index contributed by atoms with van der Waals surface area (Å²) in [6, 6.07) is 10.1. The first-order valence-corrected chi connectivity index (χ1v) is 10.7. The minimum absolute atomic E-state index is 0.0836. The maximum absolute atomic E-state index is 13.1. The van der Waals surface area contributed by atoms with E-state index in [1.165, 1.54) is 19.2 Å². The van der Waals surface area contributed by atoms with E-state index in [-0.39, 0.29) is 35.3 Å². The summed E-state index contributed by atoms with van der Waals surface area (Å²) in [6.07, 6.45) is 0. The number of nitro benzene ring substituents is 1. The number of rotatable bonds is 10. The van der Waals surface area contributed by atoms with Crippen LogP contribution in [0.2, 0.25) is 0 Å². The van der Waals surface area contributed by atoms with Crippen LogP contribution in [0.15, 0.2) is 36.4 Å². The predicted octanol–water partition coefficient (Wildman–Crippen LogP) is 2.81. The molecule has 1 heterocycles. The third kappa shape index (κ3) is 5.91. The molecule has 1 saturated heterocycles. The average molecular weight is 459 g/mol. The molecule has 0 saturated carbocycles. The number of morpholine rings is 1. The van der Waals surface area contributed by atoms with E-state index in [0.717, 1.165) is 11.3 Å². The largest absolute Gasteiger partial charge is 0.497 e. The highest BCUT2D eigenvalue weighted by Gasteiger charge is 2.27. The zero-order valence-corrected chi connectivity index (χ0v) is 19.0. The van der Waals surface area contributed by atoms with Gasteiger partial charge in [0.1, 0.15) is 11.3 Å². The Kier molecular flexibility index (Phi) is 8.45. The van der Waals surface area contributed by atoms with E-state index in [1.807, 2.05) is 24.3 Å². The van der Waals surface area contributed by atoms with Gasteiger partial charge in [0.25, 0.3) is 11.6 Å². The molecule has 0 aliphatic carbocycles. The number of amides is 1. The van der Waals surface area contributed by atoms with Gasteiger partial charge in [0.05, 0.1) is 51.1 Å². The molecule has 1 aliphatic rings. The Balaban J connectivity index is 1.85. The SMILES string of the molecule is CCOc1cc(C(=O)NCC(c2ccc(OC)cc2)N2CCOCC2)c([N+](=O)[O-])cc1OC. The summed E-state index contributed by atoms with van der Waals surface area (Å²) >= 11 is 0. The van der Waals surface area contributed by atoms with Crippen molar-refractivity contribution in [1.29, 1.82) is 0 Å². The van der Waals surface area contributed by atoms with Gasteiger partial charge in [-0.15, -0.1) is 0 Å². The minimum atomic E-state index is -0.601. The molecule has 0 spiro atoms. The molecular formula is C23H29N3O7. The van der Waals surface area contributed by atoms with Gasteiger partial charge in [-0.05, 0) is 24.6 Å². The zero-order chi connectivity index (χ0) is 23.8. The molecular weight excluding hydrogens is 430 g/mol. The molecule has 0 bridgehead atoms. The van der Waals surface area contributed by atoms with Crippen molar-refractivity contribution in [1.82, 2.24) is 10.2 Å². The molecule has 10 nitrogen and oxygen atoms in total. The molecule has 3 rings (SSSR count). The van der Waals surface area contributed by atoms with Crippen LogP contribution in [0.5, 0.6) is 17.2 Å². The lowest BCUT2D eigenvalue weighted by Crippen LogP contribution is -2.43. The topological polar surface area (TPSA) is 112 Å². The van der Waals surface area contributed by atoms with Crippen LogP contribution in [-0.2, 0) is 4.74 Å². The standard InChI is InChI=1S/C23H29N3O7/c1-4-33-22-13-18(19(26(28)29)14-21(22)31-3)23(27)24-15-20(25-9-11-32-12-10-25)16-5-7-17(30-2)8-6-16/h5-8,13-14,20H,4,9-12,15H2,1-3H3,(H,24,27). The Morgan fingerprint density at radius 3 is 2.42 bits per heavy atom. The van der Waals surface area contributed by atoms with E-state index in [1.54, 1.807) is 14.0 Å². The molecule has 1 amide bonds. The summed E-state index contributed by atoms with van der Waals surface area (Å²) in [5, 5.41) is 14.5. The zero-order valence-electron chi connectivity index (χ0n) is 19.0. The van der Waals surface area contributed by atoms with Gasteiger partial charge in [0.2, 0.25) is 0 Å². The minimum Gasteiger partial charge on any atom is -0.497 e. The smallest absolute Gasteiger partial charge is 0.286 e. The van der Waals surface area contributed by atoms with Crippen LogP contribution in [0, 0.1) is 10.1 Å². The Morgan fingerprint density at radius 1 is 1.15 bits per heavy atom. The third-order valence-corrected chi connectivity index (χ3v) is 5.47. The van der Waals surface area contributed by atoms with Crippen molar-refractivity contribution < 1.29 is 28.7 Å². The van der Waals surface area contributed by atoms with Crippen molar-refractivity contribution in [2.24, 2.45) is 0 Å². The molecule has 1 atom stereocenters. The van der Waals surface area contributed by atoms with Gasteiger partial charge < -0.3 is 24.3 Å². The van der Waals surface area contributed by atoms with Crippen molar-refractivity contribution in [3.8, 4) is 17.2 Å². The summed E-state index contributed by atoms with van der Waals surface area (Å²) in [5.41, 5.74) is 0.567. The van der Waals surface area contributed by atoms with Crippen LogP contribution in [0.25, 0.3) is 0 Å². The number of benzene rings is 2. The van der Waals surface area contributed by atoms with Crippen LogP contribution in [0.4, 0.5) is 5.69 Å². The van der Waals surface area contributed by atoms with E-state index in [2.05, 4.69) is 10.2 Å². The lowest BCUT2D eigenvalue weighted by atomic mass is 10.0. The third-order valence-electron chi connectivity index (χ3n) is 5.47. The van der Waals surface area contributed by atoms with E-state index < -0.39 is 10.8 Å². The first-order valence-electron chi connectivity index (χ1n) is 10.7. The number of nitro groups is 1. The van der Waals surface area contributed by atoms with Crippen molar-refractivity contribution in [2.45, 2.75) is 13.0 Å². The molecule has 0 radical (unpaired) electrons. The number of nitrogens with zero attached hydrogens (tertiary/aromatic N) is 2. The Morgan fingerprint density at radius 2 is 1.85 bits per heavy atom. The normalized spacial score (nSPS) is 14.9. The van der Waals surface area contributed by atoms with Crippen molar-refractivity contribution in [3.63, 3.8) is 0 Å². The summed E-state index contributed by atoms with van der Waals surface area (Å²) in [6.45, 7) is 4.99. The molecule has 1 N–H and O–H groups in total. The monoisotopic (exact) mass is 459 g/mol. The Bertz CT molecular complexity index is 959. The molecule has 1 unspecified atom stereocenters. The maximum atomic E-state index is 13.1. The first kappa shape index (κ1) is 24.3. The lowest BCUT2D eigenvalue weighted by molar-refractivity contribution is -0.385. The van der Waals surface area contributed by atoms with Crippen LogP contribution >= 0.6 is 0 Å². The second kappa shape index (κ2) is 11.5. The number of hydrogen-bond acceptors (Lipinski definition) is 8. The number of nitrogens with one attached hydrogen (secondary N) is 1. The second-order valence-corrected chi connectivity index (χ2v) is 7.36. The van der Waals surface area contributed by atoms with Gasteiger partial charge in [-0.1, -0.05) is 12.1 Å². The number of ether oxygens (including phenoxy) is 4. The molecule has 1 aliphatic heterocycles. The van der Waals surface area contributed by atoms with Crippen molar-refractivity contribution >= 4 is 11.6 Å². The lowest BCUT2D eigenvalue weighted by Gasteiger charge is -2.35. The van der Waals surface area contributed by atoms with Crippen LogP contribution in [-0.4, -0.2) is 69.4 Å². The molecule has 10 heteroatoms. The quantitative estimate of drug-likeness (QED) is 0.426. The van der Waals surface area contributed by atoms with Gasteiger partial charge in [-0.25, -0.2) is 0 Å². The Hall–Kier alpha value is -3.37. The number of carbonyl (C=O) groups is 1. The number of methoxy groups -OCH3 is 2. The second-order valence-electron chi connectivity index (χ2n) is 7.36. The van der Waals surface area contributed by atoms with Crippen LogP contribution < -0.4 is 19.5 Å². The van der Waals surface area contributed by atoms with E-state index in [0.29, 0.717) is 32.9 Å². The van der Waals surface area contributed by atoms with Gasteiger partial charge in [-0.3, -0.25) is 19.8 Å². The number of carbonyl (C=O) groups excluding carboxylic acids is 1. The van der Waals surface area contributed by atoms with Gasteiger partial charge in [0.15, 0.2) is 11.5 Å². The summed E-state index contributed by atoms with van der Waals surface area (Å²) < 4.78 is 21.4. The summed E-state index contributed by atoms with van der Waals surface area (Å²) in [4.78, 5) is 26.3. The number of hydrogen-bond donors (Lipinski definition) is 1. The molecule has 33 heavy (non-hydrogen) atoms. The van der Waals surface area contributed by atoms with Gasteiger partial charge in [-0.2, -0.15) is 0 Å².